The first-order valence-corrected chi connectivity index (χ1v) is 12.2. The van der Waals surface area contributed by atoms with Gasteiger partial charge in [0.15, 0.2) is 15.8 Å². The molecule has 0 aliphatic carbocycles. The molecule has 1 heterocycles. The summed E-state index contributed by atoms with van der Waals surface area (Å²) in [6.07, 6.45) is 0.652. The summed E-state index contributed by atoms with van der Waals surface area (Å²) in [5.74, 6) is 0.934. The molecule has 2 aromatic carbocycles. The number of nitrogens with one attached hydrogen (secondary N) is 2. The molecule has 1 aromatic heterocycles. The molecule has 174 valence electrons. The number of amides is 2. The Hall–Kier alpha value is -2.53. The SMILES string of the molecule is COc1ccc(CCNC(=O)CSc2nnc(NC(=O)c3ccc(Cl)cc3Cl)s2)cc1OC. The topological polar surface area (TPSA) is 102 Å². The molecular weight excluding hydrogens is 507 g/mol. The van der Waals surface area contributed by atoms with E-state index in [9.17, 15) is 9.59 Å². The van der Waals surface area contributed by atoms with E-state index in [0.29, 0.717) is 39.0 Å². The highest BCUT2D eigenvalue weighted by Gasteiger charge is 2.14. The van der Waals surface area contributed by atoms with Crippen LogP contribution in [0.2, 0.25) is 10.0 Å². The lowest BCUT2D eigenvalue weighted by Gasteiger charge is -2.10. The maximum absolute atomic E-state index is 12.3. The Balaban J connectivity index is 1.43. The number of thioether (sulfide) groups is 1. The lowest BCUT2D eigenvalue weighted by atomic mass is 10.1. The molecule has 0 unspecified atom stereocenters. The molecule has 0 spiro atoms. The van der Waals surface area contributed by atoms with E-state index >= 15 is 0 Å². The number of carbonyl (C=O) groups is 2. The van der Waals surface area contributed by atoms with Crippen molar-refractivity contribution in [2.75, 3.05) is 31.8 Å². The quantitative estimate of drug-likeness (QED) is 0.294. The highest BCUT2D eigenvalue weighted by Crippen LogP contribution is 2.28. The van der Waals surface area contributed by atoms with Crippen LogP contribution >= 0.6 is 46.3 Å². The maximum Gasteiger partial charge on any atom is 0.259 e. The van der Waals surface area contributed by atoms with Crippen molar-refractivity contribution in [3.63, 3.8) is 0 Å². The van der Waals surface area contributed by atoms with E-state index in [2.05, 4.69) is 20.8 Å². The fourth-order valence-electron chi connectivity index (χ4n) is 2.72. The van der Waals surface area contributed by atoms with Crippen molar-refractivity contribution in [1.82, 2.24) is 15.5 Å². The van der Waals surface area contributed by atoms with Gasteiger partial charge in [0.1, 0.15) is 0 Å². The second-order valence-corrected chi connectivity index (χ2v) is 9.57. The second kappa shape index (κ2) is 12.1. The maximum atomic E-state index is 12.3. The van der Waals surface area contributed by atoms with Gasteiger partial charge in [-0.25, -0.2) is 0 Å². The number of hydrogen-bond donors (Lipinski definition) is 2. The third-order valence-corrected chi connectivity index (χ3v) is 6.83. The summed E-state index contributed by atoms with van der Waals surface area (Å²) in [4.78, 5) is 24.5. The summed E-state index contributed by atoms with van der Waals surface area (Å²) in [5.41, 5.74) is 1.30. The number of hydrogen-bond acceptors (Lipinski definition) is 8. The van der Waals surface area contributed by atoms with Gasteiger partial charge < -0.3 is 14.8 Å². The number of aromatic nitrogens is 2. The number of nitrogens with zero attached hydrogens (tertiary/aromatic N) is 2. The summed E-state index contributed by atoms with van der Waals surface area (Å²) in [6.45, 7) is 0.480. The predicted octanol–water partition coefficient (Wildman–Crippen LogP) is 4.57. The monoisotopic (exact) mass is 526 g/mol. The molecule has 0 radical (unpaired) electrons. The van der Waals surface area contributed by atoms with Crippen molar-refractivity contribution in [2.45, 2.75) is 10.8 Å². The average Bonchev–Trinajstić information content (AvgIpc) is 3.24. The Morgan fingerprint density at radius 3 is 2.58 bits per heavy atom. The highest BCUT2D eigenvalue weighted by atomic mass is 35.5. The average molecular weight is 527 g/mol. The van der Waals surface area contributed by atoms with Crippen LogP contribution in [0.5, 0.6) is 11.5 Å². The molecule has 0 saturated heterocycles. The lowest BCUT2D eigenvalue weighted by molar-refractivity contribution is -0.118. The first-order chi connectivity index (χ1) is 15.9. The van der Waals surface area contributed by atoms with Crippen LogP contribution in [0.3, 0.4) is 0 Å². The van der Waals surface area contributed by atoms with E-state index in [0.717, 1.165) is 5.56 Å². The summed E-state index contributed by atoms with van der Waals surface area (Å²) >= 11 is 14.3. The van der Waals surface area contributed by atoms with Gasteiger partial charge in [-0.15, -0.1) is 10.2 Å². The van der Waals surface area contributed by atoms with E-state index in [1.807, 2.05) is 18.2 Å². The molecule has 2 amide bonds. The molecule has 33 heavy (non-hydrogen) atoms. The molecule has 0 atom stereocenters. The van der Waals surface area contributed by atoms with Crippen LogP contribution in [0, 0.1) is 0 Å². The van der Waals surface area contributed by atoms with Gasteiger partial charge >= 0.3 is 0 Å². The van der Waals surface area contributed by atoms with Crippen molar-refractivity contribution in [1.29, 1.82) is 0 Å². The van der Waals surface area contributed by atoms with Crippen LogP contribution < -0.4 is 20.1 Å². The Kier molecular flexibility index (Phi) is 9.19. The number of carbonyl (C=O) groups excluding carboxylic acids is 2. The van der Waals surface area contributed by atoms with Crippen molar-refractivity contribution >= 4 is 63.2 Å². The van der Waals surface area contributed by atoms with E-state index in [-0.39, 0.29) is 22.2 Å². The number of anilines is 1. The van der Waals surface area contributed by atoms with Gasteiger partial charge in [-0.1, -0.05) is 52.4 Å². The van der Waals surface area contributed by atoms with Gasteiger partial charge in [-0.3, -0.25) is 14.9 Å². The fraction of sp³-hybridized carbons (Fsp3) is 0.238. The van der Waals surface area contributed by atoms with E-state index < -0.39 is 5.91 Å². The number of rotatable bonds is 10. The van der Waals surface area contributed by atoms with Gasteiger partial charge in [0.2, 0.25) is 11.0 Å². The molecule has 12 heteroatoms. The molecule has 0 aliphatic rings. The van der Waals surface area contributed by atoms with Gasteiger partial charge in [0.25, 0.3) is 5.91 Å². The minimum atomic E-state index is -0.419. The molecule has 0 aliphatic heterocycles. The van der Waals surface area contributed by atoms with E-state index in [1.165, 1.54) is 35.2 Å². The van der Waals surface area contributed by atoms with E-state index in [1.54, 1.807) is 20.3 Å². The van der Waals surface area contributed by atoms with Crippen LogP contribution in [0.15, 0.2) is 40.7 Å². The van der Waals surface area contributed by atoms with Crippen molar-refractivity contribution in [3.8, 4) is 11.5 Å². The number of benzene rings is 2. The third kappa shape index (κ3) is 7.23. The molecule has 3 rings (SSSR count). The first kappa shape index (κ1) is 25.1. The molecule has 2 N–H and O–H groups in total. The standard InChI is InChI=1S/C21H20Cl2N4O4S2/c1-30-16-6-3-12(9-17(16)31-2)7-8-24-18(28)11-32-21-27-26-20(33-21)25-19(29)14-5-4-13(22)10-15(14)23/h3-6,9-10H,7-8,11H2,1-2H3,(H,24,28)(H,25,26,29). The van der Waals surface area contributed by atoms with Crippen molar-refractivity contribution in [3.05, 3.63) is 57.6 Å². The van der Waals surface area contributed by atoms with Crippen molar-refractivity contribution in [2.24, 2.45) is 0 Å². The Labute approximate surface area is 209 Å². The lowest BCUT2D eigenvalue weighted by Crippen LogP contribution is -2.27. The largest absolute Gasteiger partial charge is 0.493 e. The smallest absolute Gasteiger partial charge is 0.259 e. The summed E-state index contributed by atoms with van der Waals surface area (Å²) in [5, 5.41) is 14.4. The van der Waals surface area contributed by atoms with Crippen LogP contribution in [0.4, 0.5) is 5.13 Å². The predicted molar refractivity (Wildman–Crippen MR) is 131 cm³/mol. The molecule has 0 saturated carbocycles. The minimum absolute atomic E-state index is 0.130. The molecule has 0 fully saturated rings. The number of methoxy groups -OCH3 is 2. The van der Waals surface area contributed by atoms with Gasteiger partial charge in [0.05, 0.1) is 30.6 Å². The summed E-state index contributed by atoms with van der Waals surface area (Å²) in [6, 6.07) is 10.2. The third-order valence-electron chi connectivity index (χ3n) is 4.31. The Morgan fingerprint density at radius 1 is 1.06 bits per heavy atom. The summed E-state index contributed by atoms with van der Waals surface area (Å²) in [7, 11) is 3.16. The fourth-order valence-corrected chi connectivity index (χ4v) is 4.79. The summed E-state index contributed by atoms with van der Waals surface area (Å²) < 4.78 is 11.1. The van der Waals surface area contributed by atoms with Crippen LogP contribution in [-0.2, 0) is 11.2 Å². The van der Waals surface area contributed by atoms with Crippen LogP contribution in [-0.4, -0.2) is 48.5 Å². The van der Waals surface area contributed by atoms with Gasteiger partial charge in [-0.2, -0.15) is 0 Å². The number of halogens is 2. The van der Waals surface area contributed by atoms with Crippen LogP contribution in [0.25, 0.3) is 0 Å². The highest BCUT2D eigenvalue weighted by molar-refractivity contribution is 8.01. The zero-order valence-corrected chi connectivity index (χ0v) is 20.8. The minimum Gasteiger partial charge on any atom is -0.493 e. The molecular formula is C21H20Cl2N4O4S2. The van der Waals surface area contributed by atoms with Crippen LogP contribution in [0.1, 0.15) is 15.9 Å². The Morgan fingerprint density at radius 2 is 1.85 bits per heavy atom. The molecule has 3 aromatic rings. The second-order valence-electron chi connectivity index (χ2n) is 6.53. The molecule has 8 nitrogen and oxygen atoms in total. The zero-order chi connectivity index (χ0) is 23.8. The first-order valence-electron chi connectivity index (χ1n) is 9.60. The van der Waals surface area contributed by atoms with E-state index in [4.69, 9.17) is 32.7 Å². The zero-order valence-electron chi connectivity index (χ0n) is 17.7. The Bertz CT molecular complexity index is 1140. The van der Waals surface area contributed by atoms with Gasteiger partial charge in [0, 0.05) is 11.6 Å². The van der Waals surface area contributed by atoms with Crippen molar-refractivity contribution < 1.29 is 19.1 Å². The normalized spacial score (nSPS) is 10.5. The van der Waals surface area contributed by atoms with Gasteiger partial charge in [-0.05, 0) is 42.3 Å². The molecule has 0 bridgehead atoms. The number of ether oxygens (including phenoxy) is 2.